The molecule has 19 heavy (non-hydrogen) atoms. The van der Waals surface area contributed by atoms with Crippen molar-refractivity contribution in [2.45, 2.75) is 19.3 Å². The Labute approximate surface area is 112 Å². The second-order valence-corrected chi connectivity index (χ2v) is 5.20. The lowest BCUT2D eigenvalue weighted by Crippen LogP contribution is -2.30. The minimum atomic E-state index is 0.671. The fraction of sp³-hybridized carbons (Fsp3) is 0.667. The molecule has 0 aliphatic carbocycles. The van der Waals surface area contributed by atoms with Gasteiger partial charge in [0.15, 0.2) is 5.65 Å². The quantitative estimate of drug-likeness (QED) is 0.872. The Morgan fingerprint density at radius 2 is 2.16 bits per heavy atom. The van der Waals surface area contributed by atoms with Gasteiger partial charge in [0.25, 0.3) is 0 Å². The molecule has 0 bridgehead atoms. The number of tetrazole rings is 1. The monoisotopic (exact) mass is 261 g/mol. The summed E-state index contributed by atoms with van der Waals surface area (Å²) >= 11 is 0. The van der Waals surface area contributed by atoms with Crippen LogP contribution in [0.3, 0.4) is 0 Å². The van der Waals surface area contributed by atoms with Crippen LogP contribution in [0.15, 0.2) is 12.4 Å². The van der Waals surface area contributed by atoms with Crippen LogP contribution in [-0.2, 0) is 0 Å². The van der Waals surface area contributed by atoms with E-state index in [1.165, 1.54) is 32.4 Å². The molecule has 0 aromatic carbocycles. The second kappa shape index (κ2) is 5.48. The summed E-state index contributed by atoms with van der Waals surface area (Å²) in [5, 5.41) is 14.8. The van der Waals surface area contributed by atoms with E-state index in [-0.39, 0.29) is 0 Å². The highest BCUT2D eigenvalue weighted by Gasteiger charge is 2.16. The first-order valence-corrected chi connectivity index (χ1v) is 6.77. The number of likely N-dealkylation sites (tertiary alicyclic amines) is 1. The van der Waals surface area contributed by atoms with Crippen molar-refractivity contribution in [3.05, 3.63) is 12.4 Å². The minimum absolute atomic E-state index is 0.671. The third kappa shape index (κ3) is 2.81. The van der Waals surface area contributed by atoms with Crippen LogP contribution >= 0.6 is 0 Å². The van der Waals surface area contributed by atoms with Gasteiger partial charge in [0.1, 0.15) is 5.82 Å². The summed E-state index contributed by atoms with van der Waals surface area (Å²) in [5.41, 5.74) is 0.671. The average Bonchev–Trinajstić information content (AvgIpc) is 2.90. The number of rotatable bonds is 4. The normalized spacial score (nSPS) is 17.9. The molecule has 0 amide bonds. The van der Waals surface area contributed by atoms with Gasteiger partial charge in [0.2, 0.25) is 0 Å². The molecule has 1 aliphatic rings. The van der Waals surface area contributed by atoms with Crippen molar-refractivity contribution < 1.29 is 0 Å². The van der Waals surface area contributed by atoms with Gasteiger partial charge in [0.05, 0.1) is 12.4 Å². The van der Waals surface area contributed by atoms with E-state index >= 15 is 0 Å². The number of anilines is 1. The van der Waals surface area contributed by atoms with Crippen LogP contribution in [0.5, 0.6) is 0 Å². The number of fused-ring (bicyclic) bond motifs is 1. The summed E-state index contributed by atoms with van der Waals surface area (Å²) in [5.74, 6) is 1.68. The van der Waals surface area contributed by atoms with Crippen molar-refractivity contribution >= 4 is 11.5 Å². The zero-order chi connectivity index (χ0) is 13.1. The van der Waals surface area contributed by atoms with Crippen molar-refractivity contribution in [3.8, 4) is 0 Å². The largest absolute Gasteiger partial charge is 0.369 e. The van der Waals surface area contributed by atoms with Crippen molar-refractivity contribution in [2.24, 2.45) is 5.92 Å². The van der Waals surface area contributed by atoms with Crippen LogP contribution in [0.4, 0.5) is 5.82 Å². The molecule has 2 aromatic heterocycles. The van der Waals surface area contributed by atoms with E-state index in [1.807, 2.05) is 0 Å². The Kier molecular flexibility index (Phi) is 3.54. The van der Waals surface area contributed by atoms with Gasteiger partial charge in [-0.25, -0.2) is 0 Å². The van der Waals surface area contributed by atoms with Crippen molar-refractivity contribution in [1.82, 2.24) is 29.9 Å². The lowest BCUT2D eigenvalue weighted by Gasteiger charge is -2.28. The molecular weight excluding hydrogens is 242 g/mol. The highest BCUT2D eigenvalue weighted by atomic mass is 15.5. The molecule has 7 heteroatoms. The molecule has 1 saturated heterocycles. The van der Waals surface area contributed by atoms with Crippen molar-refractivity contribution in [3.63, 3.8) is 0 Å². The molecule has 102 valence electrons. The van der Waals surface area contributed by atoms with Gasteiger partial charge >= 0.3 is 0 Å². The molecule has 2 aromatic rings. The maximum atomic E-state index is 4.13. The number of piperidine rings is 1. The Morgan fingerprint density at radius 3 is 3.00 bits per heavy atom. The maximum absolute atomic E-state index is 4.13. The van der Waals surface area contributed by atoms with Gasteiger partial charge < -0.3 is 10.2 Å². The van der Waals surface area contributed by atoms with E-state index in [0.29, 0.717) is 5.65 Å². The third-order valence-electron chi connectivity index (χ3n) is 3.81. The predicted molar refractivity (Wildman–Crippen MR) is 71.9 cm³/mol. The van der Waals surface area contributed by atoms with Crippen LogP contribution in [0.25, 0.3) is 5.65 Å². The van der Waals surface area contributed by atoms with Crippen molar-refractivity contribution in [2.75, 3.05) is 32.0 Å². The smallest absolute Gasteiger partial charge is 0.199 e. The third-order valence-corrected chi connectivity index (χ3v) is 3.81. The summed E-state index contributed by atoms with van der Waals surface area (Å²) in [6.07, 6.45) is 7.20. The van der Waals surface area contributed by atoms with E-state index < -0.39 is 0 Å². The molecule has 3 rings (SSSR count). The summed E-state index contributed by atoms with van der Waals surface area (Å²) < 4.78 is 1.68. The molecule has 1 fully saturated rings. The van der Waals surface area contributed by atoms with Gasteiger partial charge in [-0.15, -0.1) is 5.10 Å². The topological polar surface area (TPSA) is 71.2 Å². The zero-order valence-electron chi connectivity index (χ0n) is 11.2. The van der Waals surface area contributed by atoms with Crippen LogP contribution in [-0.4, -0.2) is 56.6 Å². The first kappa shape index (κ1) is 12.3. The summed E-state index contributed by atoms with van der Waals surface area (Å²) in [4.78, 5) is 6.53. The van der Waals surface area contributed by atoms with Gasteiger partial charge in [-0.2, -0.15) is 4.52 Å². The predicted octanol–water partition coefficient (Wildman–Crippen LogP) is 0.663. The molecular formula is C12H19N7. The molecule has 0 radical (unpaired) electrons. The van der Waals surface area contributed by atoms with E-state index in [0.717, 1.165) is 18.3 Å². The van der Waals surface area contributed by atoms with E-state index in [4.69, 9.17) is 0 Å². The molecule has 0 atom stereocenters. The van der Waals surface area contributed by atoms with E-state index in [1.54, 1.807) is 16.9 Å². The minimum Gasteiger partial charge on any atom is -0.369 e. The number of aromatic nitrogens is 5. The Balaban J connectivity index is 1.53. The molecule has 0 spiro atoms. The molecule has 3 heterocycles. The summed E-state index contributed by atoms with van der Waals surface area (Å²) in [6.45, 7) is 3.37. The highest BCUT2D eigenvalue weighted by Crippen LogP contribution is 2.19. The average molecular weight is 261 g/mol. The first-order chi connectivity index (χ1) is 9.33. The molecule has 1 N–H and O–H groups in total. The molecule has 0 unspecified atom stereocenters. The number of hydrogen-bond donors (Lipinski definition) is 1. The van der Waals surface area contributed by atoms with Crippen LogP contribution in [0.2, 0.25) is 0 Å². The zero-order valence-corrected chi connectivity index (χ0v) is 11.2. The SMILES string of the molecule is CN1CCC(CCNc2cncc3nnnn23)CC1. The fourth-order valence-corrected chi connectivity index (χ4v) is 2.55. The highest BCUT2D eigenvalue weighted by molar-refractivity contribution is 5.43. The first-order valence-electron chi connectivity index (χ1n) is 6.77. The maximum Gasteiger partial charge on any atom is 0.199 e. The Morgan fingerprint density at radius 1 is 1.32 bits per heavy atom. The van der Waals surface area contributed by atoms with E-state index in [9.17, 15) is 0 Å². The fourth-order valence-electron chi connectivity index (χ4n) is 2.55. The van der Waals surface area contributed by atoms with Gasteiger partial charge in [0, 0.05) is 6.54 Å². The van der Waals surface area contributed by atoms with E-state index in [2.05, 4.69) is 37.8 Å². The summed E-state index contributed by atoms with van der Waals surface area (Å²) in [6, 6.07) is 0. The number of hydrogen-bond acceptors (Lipinski definition) is 6. The van der Waals surface area contributed by atoms with Gasteiger partial charge in [-0.1, -0.05) is 0 Å². The lowest BCUT2D eigenvalue weighted by atomic mass is 9.94. The Hall–Kier alpha value is -1.76. The van der Waals surface area contributed by atoms with Crippen LogP contribution < -0.4 is 5.32 Å². The molecule has 0 saturated carbocycles. The number of nitrogens with zero attached hydrogens (tertiary/aromatic N) is 6. The van der Waals surface area contributed by atoms with Gasteiger partial charge in [-0.05, 0) is 55.7 Å². The van der Waals surface area contributed by atoms with Crippen LogP contribution in [0.1, 0.15) is 19.3 Å². The Bertz CT molecular complexity index is 530. The molecule has 7 nitrogen and oxygen atoms in total. The summed E-state index contributed by atoms with van der Waals surface area (Å²) in [7, 11) is 2.19. The number of nitrogens with one attached hydrogen (secondary N) is 1. The second-order valence-electron chi connectivity index (χ2n) is 5.20. The lowest BCUT2D eigenvalue weighted by molar-refractivity contribution is 0.215. The van der Waals surface area contributed by atoms with Gasteiger partial charge in [-0.3, -0.25) is 4.98 Å². The standard InChI is InChI=1S/C12H19N7/c1-18-6-3-10(4-7-18)2-5-14-11-8-13-9-12-15-16-17-19(11)12/h8-10,14H,2-7H2,1H3. The van der Waals surface area contributed by atoms with Crippen molar-refractivity contribution in [1.29, 1.82) is 0 Å². The van der Waals surface area contributed by atoms with Crippen LogP contribution in [0, 0.1) is 5.92 Å². The molecule has 1 aliphatic heterocycles.